The predicted molar refractivity (Wildman–Crippen MR) is 275 cm³/mol. The van der Waals surface area contributed by atoms with Gasteiger partial charge in [0.05, 0.1) is 11.8 Å². The van der Waals surface area contributed by atoms with E-state index in [0.717, 1.165) is 96.0 Å². The molecule has 0 unspecified atom stereocenters. The summed E-state index contributed by atoms with van der Waals surface area (Å²) in [5.74, 6) is -3.24. The molecule has 6 rings (SSSR count). The van der Waals surface area contributed by atoms with Gasteiger partial charge in [0, 0.05) is 23.2 Å². The molecule has 69 heavy (non-hydrogen) atoms. The average molecular weight is 935 g/mol. The van der Waals surface area contributed by atoms with Crippen molar-refractivity contribution < 1.29 is 38.9 Å². The van der Waals surface area contributed by atoms with Gasteiger partial charge in [0.1, 0.15) is 11.5 Å². The standard InChI is InChI=1S/C59H70N2O8/c1-3-5-7-9-42-11-25-48(26-12-42)56(64)68-53-34-20-44(21-35-53)19-33-52(62)41-58(39-46-15-29-50(60)30-16-46,40-47-17-31-51(61)32-18-47)59(66,67)55(63)38-24-45-22-36-54(37-23-45)69-57(65)49-27-13-43(14-28-49)10-8-6-4-2/h3-4,15-24,29-38,42-43,48-49,66-67H,1-2,5-14,25-28,39-41,60-61H2. The number of ether oxygens (including phenoxy) is 2. The molecule has 4 aromatic carbocycles. The lowest BCUT2D eigenvalue weighted by molar-refractivity contribution is -0.230. The van der Waals surface area contributed by atoms with Crippen molar-refractivity contribution in [3.8, 4) is 11.5 Å². The molecule has 0 radical (unpaired) electrons. The van der Waals surface area contributed by atoms with Crippen molar-refractivity contribution >= 4 is 47.0 Å². The molecule has 364 valence electrons. The number of allylic oxidation sites excluding steroid dienone is 3. The highest BCUT2D eigenvalue weighted by Gasteiger charge is 2.54. The van der Waals surface area contributed by atoms with Gasteiger partial charge in [0.15, 0.2) is 5.78 Å². The van der Waals surface area contributed by atoms with Crippen molar-refractivity contribution in [3.05, 3.63) is 157 Å². The normalized spacial score (nSPS) is 18.7. The number of carbonyl (C=O) groups excluding carboxylic acids is 4. The van der Waals surface area contributed by atoms with E-state index in [-0.39, 0.29) is 36.6 Å². The van der Waals surface area contributed by atoms with Crippen LogP contribution in [0.3, 0.4) is 0 Å². The average Bonchev–Trinajstić information content (AvgIpc) is 3.35. The van der Waals surface area contributed by atoms with E-state index >= 15 is 0 Å². The minimum atomic E-state index is -3.06. The van der Waals surface area contributed by atoms with Crippen LogP contribution in [-0.4, -0.2) is 39.5 Å². The lowest BCUT2D eigenvalue weighted by Gasteiger charge is -2.42. The van der Waals surface area contributed by atoms with Gasteiger partial charge in [-0.25, -0.2) is 0 Å². The number of unbranched alkanes of at least 4 members (excludes halogenated alkanes) is 2. The lowest BCUT2D eigenvalue weighted by atomic mass is 9.65. The van der Waals surface area contributed by atoms with Gasteiger partial charge in [-0.2, -0.15) is 0 Å². The fourth-order valence-electron chi connectivity index (χ4n) is 9.91. The minimum Gasteiger partial charge on any atom is -0.426 e. The van der Waals surface area contributed by atoms with Crippen LogP contribution in [0.5, 0.6) is 11.5 Å². The highest BCUT2D eigenvalue weighted by molar-refractivity contribution is 6.01. The van der Waals surface area contributed by atoms with Gasteiger partial charge in [-0.3, -0.25) is 19.2 Å². The number of esters is 2. The molecule has 6 N–H and O–H groups in total. The molecule has 4 aromatic rings. The maximum Gasteiger partial charge on any atom is 0.314 e. The van der Waals surface area contributed by atoms with E-state index in [0.29, 0.717) is 57.0 Å². The zero-order chi connectivity index (χ0) is 49.2. The van der Waals surface area contributed by atoms with Crippen molar-refractivity contribution in [2.75, 3.05) is 11.5 Å². The summed E-state index contributed by atoms with van der Waals surface area (Å²) in [4.78, 5) is 54.4. The Morgan fingerprint density at radius 1 is 0.565 bits per heavy atom. The summed E-state index contributed by atoms with van der Waals surface area (Å²) in [6, 6.07) is 27.2. The number of nitrogens with two attached hydrogens (primary N) is 2. The molecule has 0 aromatic heterocycles. The van der Waals surface area contributed by atoms with Crippen molar-refractivity contribution in [1.29, 1.82) is 0 Å². The summed E-state index contributed by atoms with van der Waals surface area (Å²) >= 11 is 0. The Bertz CT molecular complexity index is 2340. The lowest BCUT2D eigenvalue weighted by Crippen LogP contribution is -2.57. The first kappa shape index (κ1) is 52.0. The van der Waals surface area contributed by atoms with E-state index in [1.807, 2.05) is 12.2 Å². The number of benzene rings is 4. The van der Waals surface area contributed by atoms with Gasteiger partial charge >= 0.3 is 11.9 Å². The number of hydrogen-bond donors (Lipinski definition) is 4. The van der Waals surface area contributed by atoms with E-state index in [9.17, 15) is 29.4 Å². The van der Waals surface area contributed by atoms with E-state index in [2.05, 4.69) is 13.2 Å². The van der Waals surface area contributed by atoms with Gasteiger partial charge < -0.3 is 31.2 Å². The third kappa shape index (κ3) is 15.3. The van der Waals surface area contributed by atoms with E-state index in [1.165, 1.54) is 12.2 Å². The molecule has 0 spiro atoms. The number of rotatable bonds is 24. The number of carbonyl (C=O) groups is 4. The van der Waals surface area contributed by atoms with Gasteiger partial charge in [-0.1, -0.05) is 85.7 Å². The SMILES string of the molecule is C=CCCCC1CCC(C(=O)Oc2ccc(C=CC(=O)CC(Cc3ccc(N)cc3)(Cc3ccc(N)cc3)C(O)(O)C(=O)C=Cc3ccc(OC(=O)C4CCC(CCCC=C)CC4)cc3)cc2)CC1. The second-order valence-electron chi connectivity index (χ2n) is 19.3. The second-order valence-corrected chi connectivity index (χ2v) is 19.3. The number of hydrogen-bond acceptors (Lipinski definition) is 10. The molecule has 0 bridgehead atoms. The first-order valence-corrected chi connectivity index (χ1v) is 24.7. The maximum atomic E-state index is 14.2. The first-order chi connectivity index (χ1) is 33.2. The Hall–Kier alpha value is -6.36. The fourth-order valence-corrected chi connectivity index (χ4v) is 9.91. The van der Waals surface area contributed by atoms with Crippen molar-refractivity contribution in [3.63, 3.8) is 0 Å². The summed E-state index contributed by atoms with van der Waals surface area (Å²) in [6.07, 6.45) is 22.7. The Balaban J connectivity index is 1.15. The summed E-state index contributed by atoms with van der Waals surface area (Å²) in [7, 11) is 0. The molecule has 2 aliphatic carbocycles. The minimum absolute atomic E-state index is 0.0854. The van der Waals surface area contributed by atoms with Crippen LogP contribution in [0.15, 0.2) is 135 Å². The quantitative estimate of drug-likeness (QED) is 0.0100. The highest BCUT2D eigenvalue weighted by atomic mass is 16.5. The molecule has 2 saturated carbocycles. The molecule has 0 amide bonds. The molecule has 0 saturated heterocycles. The van der Waals surface area contributed by atoms with Crippen LogP contribution in [0.2, 0.25) is 0 Å². The molecule has 0 heterocycles. The summed E-state index contributed by atoms with van der Waals surface area (Å²) < 4.78 is 11.5. The van der Waals surface area contributed by atoms with E-state index in [1.54, 1.807) is 103 Å². The number of aliphatic hydroxyl groups is 2. The number of ketones is 2. The maximum absolute atomic E-state index is 14.2. The summed E-state index contributed by atoms with van der Waals surface area (Å²) in [5.41, 5.74) is 13.7. The zero-order valence-electron chi connectivity index (χ0n) is 39.9. The van der Waals surface area contributed by atoms with Crippen LogP contribution in [0.25, 0.3) is 12.2 Å². The molecular weight excluding hydrogens is 865 g/mol. The number of anilines is 2. The third-order valence-electron chi connectivity index (χ3n) is 14.1. The molecule has 0 atom stereocenters. The fraction of sp³-hybridized carbons (Fsp3) is 0.390. The van der Waals surface area contributed by atoms with Crippen molar-refractivity contribution in [2.24, 2.45) is 29.1 Å². The summed E-state index contributed by atoms with van der Waals surface area (Å²) in [6.45, 7) is 7.61. The van der Waals surface area contributed by atoms with Gasteiger partial charge in [0.2, 0.25) is 11.6 Å². The largest absolute Gasteiger partial charge is 0.426 e. The second kappa shape index (κ2) is 25.3. The number of nitrogen functional groups attached to an aromatic ring is 2. The first-order valence-electron chi connectivity index (χ1n) is 24.7. The molecule has 10 heteroatoms. The topological polar surface area (TPSA) is 179 Å². The van der Waals surface area contributed by atoms with E-state index in [4.69, 9.17) is 20.9 Å². The predicted octanol–water partition coefficient (Wildman–Crippen LogP) is 11.4. The Morgan fingerprint density at radius 2 is 0.957 bits per heavy atom. The molecule has 2 fully saturated rings. The van der Waals surface area contributed by atoms with Crippen LogP contribution >= 0.6 is 0 Å². The summed E-state index contributed by atoms with van der Waals surface area (Å²) in [5, 5.41) is 24.5. The van der Waals surface area contributed by atoms with Crippen LogP contribution in [0.1, 0.15) is 119 Å². The van der Waals surface area contributed by atoms with Gasteiger partial charge in [-0.15, -0.1) is 13.2 Å². The third-order valence-corrected chi connectivity index (χ3v) is 14.1. The van der Waals surface area contributed by atoms with Crippen LogP contribution < -0.4 is 20.9 Å². The van der Waals surface area contributed by atoms with Crippen LogP contribution in [0.4, 0.5) is 11.4 Å². The van der Waals surface area contributed by atoms with E-state index < -0.39 is 29.2 Å². The monoisotopic (exact) mass is 935 g/mol. The molecule has 10 nitrogen and oxygen atoms in total. The van der Waals surface area contributed by atoms with Crippen LogP contribution in [-0.2, 0) is 32.0 Å². The molecular formula is C59H70N2O8. The highest BCUT2D eigenvalue weighted by Crippen LogP contribution is 2.43. The van der Waals surface area contributed by atoms with Crippen molar-refractivity contribution in [1.82, 2.24) is 0 Å². The van der Waals surface area contributed by atoms with Gasteiger partial charge in [0.25, 0.3) is 0 Å². The van der Waals surface area contributed by atoms with Crippen molar-refractivity contribution in [2.45, 2.75) is 115 Å². The Morgan fingerprint density at radius 3 is 1.35 bits per heavy atom. The zero-order valence-corrected chi connectivity index (χ0v) is 39.9. The Labute approximate surface area is 408 Å². The molecule has 2 aliphatic rings. The van der Waals surface area contributed by atoms with Gasteiger partial charge in [-0.05, 0) is 185 Å². The molecule has 0 aliphatic heterocycles. The Kier molecular flexibility index (Phi) is 19.1. The smallest absolute Gasteiger partial charge is 0.314 e. The van der Waals surface area contributed by atoms with Crippen LogP contribution in [0, 0.1) is 29.1 Å².